The molecular formula is C23H40O4Si. The van der Waals surface area contributed by atoms with E-state index in [0.717, 1.165) is 6.42 Å². The summed E-state index contributed by atoms with van der Waals surface area (Å²) in [6.07, 6.45) is 1.00. The summed E-state index contributed by atoms with van der Waals surface area (Å²) >= 11 is 0. The van der Waals surface area contributed by atoms with E-state index in [1.807, 2.05) is 32.0 Å². The van der Waals surface area contributed by atoms with Crippen LogP contribution in [0.4, 0.5) is 0 Å². The molecule has 0 N–H and O–H groups in total. The first-order valence-electron chi connectivity index (χ1n) is 10.5. The number of rotatable bonds is 8. The Balaban J connectivity index is 1.88. The van der Waals surface area contributed by atoms with Crippen molar-refractivity contribution in [1.29, 1.82) is 0 Å². The Labute approximate surface area is 173 Å². The van der Waals surface area contributed by atoms with Crippen LogP contribution in [0.1, 0.15) is 53.5 Å². The number of benzene rings is 1. The average molecular weight is 409 g/mol. The van der Waals surface area contributed by atoms with Crippen molar-refractivity contribution in [2.45, 2.75) is 90.7 Å². The first-order chi connectivity index (χ1) is 12.9. The fourth-order valence-corrected chi connectivity index (χ4v) is 4.20. The summed E-state index contributed by atoms with van der Waals surface area (Å²) in [6, 6.07) is 10.3. The molecule has 1 aromatic rings. The van der Waals surface area contributed by atoms with Gasteiger partial charge in [0.1, 0.15) is 0 Å². The van der Waals surface area contributed by atoms with E-state index in [-0.39, 0.29) is 17.2 Å². The predicted octanol–water partition coefficient (Wildman–Crippen LogP) is 5.77. The van der Waals surface area contributed by atoms with E-state index in [9.17, 15) is 0 Å². The van der Waals surface area contributed by atoms with E-state index in [1.165, 1.54) is 5.56 Å². The van der Waals surface area contributed by atoms with Crippen molar-refractivity contribution in [3.63, 3.8) is 0 Å². The Bertz CT molecular complexity index is 594. The number of ether oxygens (including phenoxy) is 3. The molecule has 4 nitrogen and oxygen atoms in total. The van der Waals surface area contributed by atoms with Crippen LogP contribution in [-0.2, 0) is 25.2 Å². The third-order valence-corrected chi connectivity index (χ3v) is 10.4. The molecule has 0 saturated carbocycles. The fourth-order valence-electron chi connectivity index (χ4n) is 3.16. The van der Waals surface area contributed by atoms with E-state index in [4.69, 9.17) is 18.6 Å². The van der Waals surface area contributed by atoms with Crippen LogP contribution in [0.5, 0.6) is 0 Å². The van der Waals surface area contributed by atoms with Gasteiger partial charge in [0.2, 0.25) is 0 Å². The van der Waals surface area contributed by atoms with Crippen LogP contribution in [0.15, 0.2) is 30.3 Å². The first-order valence-corrected chi connectivity index (χ1v) is 13.4. The minimum Gasteiger partial charge on any atom is -0.414 e. The fraction of sp³-hybridized carbons (Fsp3) is 0.739. The van der Waals surface area contributed by atoms with E-state index in [2.05, 4.69) is 52.9 Å². The molecule has 1 aromatic carbocycles. The summed E-state index contributed by atoms with van der Waals surface area (Å²) < 4.78 is 24.8. The lowest BCUT2D eigenvalue weighted by Crippen LogP contribution is -2.50. The van der Waals surface area contributed by atoms with Gasteiger partial charge in [-0.05, 0) is 37.5 Å². The monoisotopic (exact) mass is 408 g/mol. The van der Waals surface area contributed by atoms with Gasteiger partial charge >= 0.3 is 0 Å². The molecule has 0 aliphatic carbocycles. The van der Waals surface area contributed by atoms with Gasteiger partial charge in [0.15, 0.2) is 14.1 Å². The molecule has 160 valence electrons. The Morgan fingerprint density at radius 3 is 2.39 bits per heavy atom. The van der Waals surface area contributed by atoms with Gasteiger partial charge < -0.3 is 18.6 Å². The van der Waals surface area contributed by atoms with Gasteiger partial charge in [0.25, 0.3) is 0 Å². The summed E-state index contributed by atoms with van der Waals surface area (Å²) in [7, 11) is -1.79. The highest BCUT2D eigenvalue weighted by Gasteiger charge is 2.41. The molecule has 0 unspecified atom stereocenters. The van der Waals surface area contributed by atoms with Crippen LogP contribution in [0, 0.1) is 5.92 Å². The Kier molecular flexibility index (Phi) is 7.90. The number of hydrogen-bond donors (Lipinski definition) is 0. The highest BCUT2D eigenvalue weighted by Crippen LogP contribution is 2.38. The molecule has 0 bridgehead atoms. The van der Waals surface area contributed by atoms with Gasteiger partial charge in [-0.25, -0.2) is 0 Å². The largest absolute Gasteiger partial charge is 0.414 e. The molecule has 0 spiro atoms. The molecule has 1 aliphatic rings. The second-order valence-electron chi connectivity index (χ2n) is 10.1. The molecule has 0 radical (unpaired) electrons. The van der Waals surface area contributed by atoms with Gasteiger partial charge in [0.05, 0.1) is 32.0 Å². The summed E-state index contributed by atoms with van der Waals surface area (Å²) in [4.78, 5) is 0. The van der Waals surface area contributed by atoms with E-state index in [0.29, 0.717) is 25.7 Å². The highest BCUT2D eigenvalue weighted by molar-refractivity contribution is 6.74. The topological polar surface area (TPSA) is 36.9 Å². The van der Waals surface area contributed by atoms with E-state index < -0.39 is 14.1 Å². The summed E-state index contributed by atoms with van der Waals surface area (Å²) in [5.41, 5.74) is 1.20. The maximum absolute atomic E-state index is 6.42. The predicted molar refractivity (Wildman–Crippen MR) is 117 cm³/mol. The van der Waals surface area contributed by atoms with Crippen LogP contribution in [-0.4, -0.2) is 39.5 Å². The summed E-state index contributed by atoms with van der Waals surface area (Å²) in [5, 5.41) is 0.200. The molecule has 5 heteroatoms. The molecule has 28 heavy (non-hydrogen) atoms. The van der Waals surface area contributed by atoms with Gasteiger partial charge in [-0.1, -0.05) is 58.0 Å². The molecule has 0 aromatic heterocycles. The van der Waals surface area contributed by atoms with Crippen LogP contribution < -0.4 is 0 Å². The molecule has 1 fully saturated rings. The molecule has 1 aliphatic heterocycles. The molecule has 2 rings (SSSR count). The standard InChI is InChI=1S/C23H40O4Si/c1-18(15-24-16-19-12-10-9-11-13-19)21-14-20(26-23(5,6)27-21)17-25-28(7,8)22(2,3)4/h9-13,18,20-21H,14-17H2,1-8H3/t18-,20-,21+/m1/s1. The maximum atomic E-state index is 6.42. The molecule has 0 amide bonds. The summed E-state index contributed by atoms with van der Waals surface area (Å²) in [5.74, 6) is -0.305. The Hall–Kier alpha value is -0.723. The van der Waals surface area contributed by atoms with Crippen molar-refractivity contribution in [2.24, 2.45) is 5.92 Å². The van der Waals surface area contributed by atoms with Gasteiger partial charge in [-0.2, -0.15) is 0 Å². The van der Waals surface area contributed by atoms with Gasteiger partial charge in [-0.3, -0.25) is 0 Å². The van der Waals surface area contributed by atoms with Crippen molar-refractivity contribution in [3.05, 3.63) is 35.9 Å². The van der Waals surface area contributed by atoms with Crippen molar-refractivity contribution in [2.75, 3.05) is 13.2 Å². The third kappa shape index (κ3) is 6.96. The first kappa shape index (κ1) is 23.6. The zero-order valence-electron chi connectivity index (χ0n) is 19.1. The smallest absolute Gasteiger partial charge is 0.192 e. The van der Waals surface area contributed by atoms with Crippen LogP contribution in [0.25, 0.3) is 0 Å². The maximum Gasteiger partial charge on any atom is 0.192 e. The van der Waals surface area contributed by atoms with Gasteiger partial charge in [-0.15, -0.1) is 0 Å². The highest BCUT2D eigenvalue weighted by atomic mass is 28.4. The zero-order valence-corrected chi connectivity index (χ0v) is 20.1. The van der Waals surface area contributed by atoms with Crippen LogP contribution in [0.3, 0.4) is 0 Å². The Morgan fingerprint density at radius 1 is 1.14 bits per heavy atom. The van der Waals surface area contributed by atoms with Crippen LogP contribution in [0.2, 0.25) is 18.1 Å². The second-order valence-corrected chi connectivity index (χ2v) is 14.9. The SMILES string of the molecule is C[C@H](COCc1ccccc1)[C@@H]1C[C@H](CO[Si](C)(C)C(C)(C)C)OC(C)(C)O1. The van der Waals surface area contributed by atoms with Crippen molar-refractivity contribution in [1.82, 2.24) is 0 Å². The average Bonchev–Trinajstić information content (AvgIpc) is 2.58. The molecule has 1 heterocycles. The minimum absolute atomic E-state index is 0.0550. The van der Waals surface area contributed by atoms with Crippen molar-refractivity contribution in [3.8, 4) is 0 Å². The lowest BCUT2D eigenvalue weighted by Gasteiger charge is -2.44. The van der Waals surface area contributed by atoms with Crippen molar-refractivity contribution >= 4 is 8.32 Å². The van der Waals surface area contributed by atoms with Crippen LogP contribution >= 0.6 is 0 Å². The Morgan fingerprint density at radius 2 is 1.79 bits per heavy atom. The lowest BCUT2D eigenvalue weighted by atomic mass is 9.97. The second kappa shape index (κ2) is 9.39. The van der Waals surface area contributed by atoms with E-state index >= 15 is 0 Å². The molecule has 3 atom stereocenters. The third-order valence-electron chi connectivity index (χ3n) is 5.94. The lowest BCUT2D eigenvalue weighted by molar-refractivity contribution is -0.312. The number of hydrogen-bond acceptors (Lipinski definition) is 4. The molecular weight excluding hydrogens is 368 g/mol. The normalized spacial score (nSPS) is 24.1. The van der Waals surface area contributed by atoms with E-state index in [1.54, 1.807) is 0 Å². The minimum atomic E-state index is -1.79. The van der Waals surface area contributed by atoms with Gasteiger partial charge in [0, 0.05) is 12.3 Å². The molecule has 1 saturated heterocycles. The quantitative estimate of drug-likeness (QED) is 0.512. The van der Waals surface area contributed by atoms with Crippen molar-refractivity contribution < 1.29 is 18.6 Å². The zero-order chi connectivity index (χ0) is 21.0. The summed E-state index contributed by atoms with van der Waals surface area (Å²) in [6.45, 7) is 19.5.